The lowest BCUT2D eigenvalue weighted by atomic mass is 10.1. The lowest BCUT2D eigenvalue weighted by molar-refractivity contribution is 0.386. The van der Waals surface area contributed by atoms with Crippen LogP contribution >= 0.6 is 0 Å². The zero-order chi connectivity index (χ0) is 14.1. The number of hydrogen-bond donors (Lipinski definition) is 2. The Morgan fingerprint density at radius 3 is 3.00 bits per heavy atom. The minimum absolute atomic E-state index is 0.0466. The van der Waals surface area contributed by atoms with Gasteiger partial charge in [0.25, 0.3) is 0 Å². The summed E-state index contributed by atoms with van der Waals surface area (Å²) in [7, 11) is 3.31. The average molecular weight is 274 g/mol. The zero-order valence-electron chi connectivity index (χ0n) is 11.2. The summed E-state index contributed by atoms with van der Waals surface area (Å²) in [5.41, 5.74) is 1.41. The monoisotopic (exact) mass is 274 g/mol. The summed E-state index contributed by atoms with van der Waals surface area (Å²) in [6.07, 6.45) is 5.80. The molecule has 104 valence electrons. The number of methoxy groups -OCH3 is 1. The number of aromatic nitrogens is 2. The van der Waals surface area contributed by atoms with Gasteiger partial charge in [0.1, 0.15) is 6.17 Å². The maximum atomic E-state index is 13.7. The molecule has 1 aliphatic rings. The highest BCUT2D eigenvalue weighted by Gasteiger charge is 2.15. The number of fused-ring (bicyclic) bond motifs is 1. The van der Waals surface area contributed by atoms with Crippen LogP contribution in [0, 0.1) is 5.82 Å². The van der Waals surface area contributed by atoms with Gasteiger partial charge in [0.2, 0.25) is 5.95 Å². The van der Waals surface area contributed by atoms with Crippen LogP contribution in [0.4, 0.5) is 10.3 Å². The van der Waals surface area contributed by atoms with E-state index in [2.05, 4.69) is 15.6 Å². The van der Waals surface area contributed by atoms with E-state index in [0.717, 1.165) is 5.95 Å². The van der Waals surface area contributed by atoms with Crippen molar-refractivity contribution >= 4 is 12.1 Å². The van der Waals surface area contributed by atoms with Crippen molar-refractivity contribution in [3.63, 3.8) is 0 Å². The van der Waals surface area contributed by atoms with Crippen LogP contribution < -0.4 is 15.4 Å². The van der Waals surface area contributed by atoms with Gasteiger partial charge in [0.05, 0.1) is 12.8 Å². The van der Waals surface area contributed by atoms with Gasteiger partial charge in [-0.2, -0.15) is 0 Å². The number of nitrogens with zero attached hydrogens (tertiary/aromatic N) is 2. The van der Waals surface area contributed by atoms with E-state index in [-0.39, 0.29) is 11.9 Å². The molecule has 0 saturated carbocycles. The van der Waals surface area contributed by atoms with Crippen molar-refractivity contribution < 1.29 is 9.13 Å². The van der Waals surface area contributed by atoms with Crippen LogP contribution in [0.25, 0.3) is 17.5 Å². The van der Waals surface area contributed by atoms with Crippen LogP contribution in [0.1, 0.15) is 0 Å². The van der Waals surface area contributed by atoms with Crippen LogP contribution in [0.5, 0.6) is 5.75 Å². The minimum atomic E-state index is -0.396. The molecule has 1 aromatic heterocycles. The normalized spacial score (nSPS) is 16.6. The molecule has 0 radical (unpaired) electrons. The average Bonchev–Trinajstić information content (AvgIpc) is 2.89. The smallest absolute Gasteiger partial charge is 0.209 e. The predicted molar refractivity (Wildman–Crippen MR) is 76.0 cm³/mol. The predicted octanol–water partition coefficient (Wildman–Crippen LogP) is 2.14. The van der Waals surface area contributed by atoms with Crippen LogP contribution in [0.3, 0.4) is 0 Å². The fourth-order valence-corrected chi connectivity index (χ4v) is 2.11. The molecule has 3 rings (SSSR count). The third-order valence-corrected chi connectivity index (χ3v) is 3.21. The lowest BCUT2D eigenvalue weighted by Crippen LogP contribution is -2.34. The van der Waals surface area contributed by atoms with E-state index in [1.165, 1.54) is 13.2 Å². The summed E-state index contributed by atoms with van der Waals surface area (Å²) in [6, 6.07) is 4.81. The minimum Gasteiger partial charge on any atom is -0.494 e. The van der Waals surface area contributed by atoms with Gasteiger partial charge in [-0.15, -0.1) is 0 Å². The highest BCUT2D eigenvalue weighted by Crippen LogP contribution is 2.27. The van der Waals surface area contributed by atoms with Crippen LogP contribution in [0.2, 0.25) is 0 Å². The summed E-state index contributed by atoms with van der Waals surface area (Å²) in [5, 5.41) is 6.30. The number of likely N-dealkylation sites (N-methyl/N-ethyl adjacent to an activating group) is 1. The van der Waals surface area contributed by atoms with E-state index in [1.807, 2.05) is 30.1 Å². The van der Waals surface area contributed by atoms with Gasteiger partial charge >= 0.3 is 0 Å². The SMILES string of the molecule is CNC1C=Cn2cc(-c3ccc(OC)c(F)c3)nc2N1. The third kappa shape index (κ3) is 2.14. The second-order valence-electron chi connectivity index (χ2n) is 4.46. The molecule has 0 spiro atoms. The molecular weight excluding hydrogens is 259 g/mol. The molecular formula is C14H15FN4O. The van der Waals surface area contributed by atoms with E-state index in [4.69, 9.17) is 4.74 Å². The standard InChI is InChI=1S/C14H15FN4O/c1-16-13-5-6-19-8-11(17-14(19)18-13)9-3-4-12(20-2)10(15)7-9/h3-8,13,16H,1-2H3,(H,17,18). The Bertz CT molecular complexity index is 665. The Morgan fingerprint density at radius 2 is 2.30 bits per heavy atom. The first-order valence-corrected chi connectivity index (χ1v) is 6.26. The van der Waals surface area contributed by atoms with Gasteiger partial charge in [0.15, 0.2) is 11.6 Å². The van der Waals surface area contributed by atoms with Crippen molar-refractivity contribution in [1.82, 2.24) is 14.9 Å². The second-order valence-corrected chi connectivity index (χ2v) is 4.46. The fraction of sp³-hybridized carbons (Fsp3) is 0.214. The first-order valence-electron chi connectivity index (χ1n) is 6.26. The highest BCUT2D eigenvalue weighted by atomic mass is 19.1. The van der Waals surface area contributed by atoms with E-state index in [0.29, 0.717) is 11.3 Å². The summed E-state index contributed by atoms with van der Waals surface area (Å²) < 4.78 is 20.5. The Balaban J connectivity index is 1.95. The number of anilines is 1. The molecule has 2 aromatic rings. The van der Waals surface area contributed by atoms with Crippen LogP contribution in [0.15, 0.2) is 30.5 Å². The molecule has 20 heavy (non-hydrogen) atoms. The van der Waals surface area contributed by atoms with Crippen LogP contribution in [-0.2, 0) is 0 Å². The first kappa shape index (κ1) is 12.7. The maximum Gasteiger partial charge on any atom is 0.209 e. The molecule has 2 N–H and O–H groups in total. The molecule has 1 aliphatic heterocycles. The van der Waals surface area contributed by atoms with E-state index in [9.17, 15) is 4.39 Å². The molecule has 1 unspecified atom stereocenters. The summed E-state index contributed by atoms with van der Waals surface area (Å²) in [4.78, 5) is 4.47. The molecule has 0 fully saturated rings. The van der Waals surface area contributed by atoms with Crippen molar-refractivity contribution in [2.45, 2.75) is 6.17 Å². The van der Waals surface area contributed by atoms with Crippen molar-refractivity contribution in [2.24, 2.45) is 0 Å². The van der Waals surface area contributed by atoms with Crippen molar-refractivity contribution in [1.29, 1.82) is 0 Å². The number of nitrogens with one attached hydrogen (secondary N) is 2. The van der Waals surface area contributed by atoms with Gasteiger partial charge in [-0.25, -0.2) is 9.37 Å². The second kappa shape index (κ2) is 4.97. The lowest BCUT2D eigenvalue weighted by Gasteiger charge is -2.18. The summed E-state index contributed by atoms with van der Waals surface area (Å²) in [6.45, 7) is 0. The van der Waals surface area contributed by atoms with Crippen LogP contribution in [-0.4, -0.2) is 29.9 Å². The molecule has 1 aromatic carbocycles. The Labute approximate surface area is 116 Å². The van der Waals surface area contributed by atoms with E-state index < -0.39 is 5.82 Å². The van der Waals surface area contributed by atoms with E-state index in [1.54, 1.807) is 12.1 Å². The molecule has 0 saturated heterocycles. The Morgan fingerprint density at radius 1 is 1.45 bits per heavy atom. The zero-order valence-corrected chi connectivity index (χ0v) is 11.2. The Hall–Kier alpha value is -2.34. The van der Waals surface area contributed by atoms with Gasteiger partial charge in [-0.1, -0.05) is 0 Å². The molecule has 5 nitrogen and oxygen atoms in total. The Kier molecular flexibility index (Phi) is 3.15. The third-order valence-electron chi connectivity index (χ3n) is 3.21. The van der Waals surface area contributed by atoms with Crippen molar-refractivity contribution in [3.05, 3.63) is 36.3 Å². The van der Waals surface area contributed by atoms with Gasteiger partial charge in [0, 0.05) is 18.0 Å². The molecule has 1 atom stereocenters. The number of imidazole rings is 1. The number of ether oxygens (including phenoxy) is 1. The topological polar surface area (TPSA) is 51.1 Å². The van der Waals surface area contributed by atoms with E-state index >= 15 is 0 Å². The van der Waals surface area contributed by atoms with Gasteiger partial charge in [-0.05, 0) is 31.3 Å². The first-order chi connectivity index (χ1) is 9.71. The van der Waals surface area contributed by atoms with Gasteiger partial charge in [-0.3, -0.25) is 9.88 Å². The largest absolute Gasteiger partial charge is 0.494 e. The van der Waals surface area contributed by atoms with Crippen molar-refractivity contribution in [3.8, 4) is 17.0 Å². The molecule has 0 amide bonds. The quantitative estimate of drug-likeness (QED) is 0.900. The molecule has 2 heterocycles. The fourth-order valence-electron chi connectivity index (χ4n) is 2.11. The van der Waals surface area contributed by atoms with Crippen molar-refractivity contribution in [2.75, 3.05) is 19.5 Å². The highest BCUT2D eigenvalue weighted by molar-refractivity contribution is 5.64. The number of hydrogen-bond acceptors (Lipinski definition) is 4. The number of rotatable bonds is 3. The number of benzene rings is 1. The molecule has 0 bridgehead atoms. The number of halogens is 1. The molecule has 6 heteroatoms. The summed E-state index contributed by atoms with van der Waals surface area (Å²) in [5.74, 6) is 0.552. The molecule has 0 aliphatic carbocycles. The maximum absolute atomic E-state index is 13.7. The van der Waals surface area contributed by atoms with Gasteiger partial charge < -0.3 is 10.1 Å². The summed E-state index contributed by atoms with van der Waals surface area (Å²) >= 11 is 0.